The molecule has 1 amide bonds. The van der Waals surface area contributed by atoms with Gasteiger partial charge in [0.25, 0.3) is 11.5 Å². The standard InChI is InChI=1S/C16H12BrN3O2/c17-13-8-4-3-7-12(13)15(21)18-9-14-10-5-1-2-6-11(10)16(22)20-19-14/h1-8H,9H2,(H,18,21)(H,20,22). The van der Waals surface area contributed by atoms with E-state index >= 15 is 0 Å². The zero-order chi connectivity index (χ0) is 15.5. The molecule has 1 heterocycles. The molecule has 110 valence electrons. The topological polar surface area (TPSA) is 74.8 Å². The second-order valence-corrected chi connectivity index (χ2v) is 5.56. The lowest BCUT2D eigenvalue weighted by Crippen LogP contribution is -2.25. The van der Waals surface area contributed by atoms with E-state index in [1.165, 1.54) is 0 Å². The Labute approximate surface area is 134 Å². The highest BCUT2D eigenvalue weighted by Gasteiger charge is 2.11. The number of fused-ring (bicyclic) bond motifs is 1. The van der Waals surface area contributed by atoms with Crippen molar-refractivity contribution < 1.29 is 4.79 Å². The van der Waals surface area contributed by atoms with Gasteiger partial charge >= 0.3 is 0 Å². The molecule has 22 heavy (non-hydrogen) atoms. The number of nitrogens with zero attached hydrogens (tertiary/aromatic N) is 1. The average Bonchev–Trinajstić information content (AvgIpc) is 2.55. The van der Waals surface area contributed by atoms with Gasteiger partial charge in [-0.25, -0.2) is 5.10 Å². The summed E-state index contributed by atoms with van der Waals surface area (Å²) >= 11 is 3.35. The summed E-state index contributed by atoms with van der Waals surface area (Å²) in [5, 5.41) is 10.6. The van der Waals surface area contributed by atoms with E-state index in [1.807, 2.05) is 24.3 Å². The molecule has 2 aromatic carbocycles. The van der Waals surface area contributed by atoms with Crippen LogP contribution in [0.15, 0.2) is 57.8 Å². The maximum atomic E-state index is 12.2. The number of aromatic amines is 1. The SMILES string of the molecule is O=C(NCc1n[nH]c(=O)c2ccccc12)c1ccccc1Br. The molecule has 0 radical (unpaired) electrons. The monoisotopic (exact) mass is 357 g/mol. The van der Waals surface area contributed by atoms with Crippen LogP contribution in [-0.4, -0.2) is 16.1 Å². The lowest BCUT2D eigenvalue weighted by atomic mass is 10.1. The molecule has 5 nitrogen and oxygen atoms in total. The Balaban J connectivity index is 1.86. The third-order valence-electron chi connectivity index (χ3n) is 3.31. The van der Waals surface area contributed by atoms with Crippen LogP contribution in [0.25, 0.3) is 10.8 Å². The third kappa shape index (κ3) is 2.78. The number of H-pyrrole nitrogens is 1. The molecular weight excluding hydrogens is 346 g/mol. The molecular formula is C16H12BrN3O2. The first kappa shape index (κ1) is 14.5. The quantitative estimate of drug-likeness (QED) is 0.756. The first-order valence-corrected chi connectivity index (χ1v) is 7.45. The van der Waals surface area contributed by atoms with Gasteiger partial charge < -0.3 is 5.32 Å². The summed E-state index contributed by atoms with van der Waals surface area (Å²) < 4.78 is 0.729. The number of aromatic nitrogens is 2. The fourth-order valence-electron chi connectivity index (χ4n) is 2.21. The van der Waals surface area contributed by atoms with E-state index in [-0.39, 0.29) is 18.0 Å². The number of rotatable bonds is 3. The van der Waals surface area contributed by atoms with Gasteiger partial charge in [0.1, 0.15) is 0 Å². The molecule has 6 heteroatoms. The van der Waals surface area contributed by atoms with E-state index in [9.17, 15) is 9.59 Å². The van der Waals surface area contributed by atoms with Gasteiger partial charge in [-0.3, -0.25) is 9.59 Å². The van der Waals surface area contributed by atoms with Gasteiger partial charge in [-0.15, -0.1) is 0 Å². The van der Waals surface area contributed by atoms with Crippen molar-refractivity contribution in [2.75, 3.05) is 0 Å². The molecule has 3 rings (SSSR count). The molecule has 2 N–H and O–H groups in total. The molecule has 0 saturated carbocycles. The fourth-order valence-corrected chi connectivity index (χ4v) is 2.68. The van der Waals surface area contributed by atoms with Crippen LogP contribution < -0.4 is 10.9 Å². The number of hydrogen-bond donors (Lipinski definition) is 2. The van der Waals surface area contributed by atoms with Gasteiger partial charge in [0.2, 0.25) is 0 Å². The van der Waals surface area contributed by atoms with Crippen LogP contribution in [0.4, 0.5) is 0 Å². The van der Waals surface area contributed by atoms with E-state index in [1.54, 1.807) is 24.3 Å². The van der Waals surface area contributed by atoms with Crippen molar-refractivity contribution in [2.45, 2.75) is 6.54 Å². The number of carbonyl (C=O) groups is 1. The maximum absolute atomic E-state index is 12.2. The zero-order valence-corrected chi connectivity index (χ0v) is 13.1. The molecule has 0 fully saturated rings. The number of benzene rings is 2. The molecule has 0 saturated heterocycles. The van der Waals surface area contributed by atoms with Crippen molar-refractivity contribution in [2.24, 2.45) is 0 Å². The Morgan fingerprint density at radius 1 is 1.09 bits per heavy atom. The van der Waals surface area contributed by atoms with E-state index in [0.717, 1.165) is 9.86 Å². The minimum absolute atomic E-state index is 0.204. The predicted octanol–water partition coefficient (Wildman–Crippen LogP) is 2.62. The minimum atomic E-state index is -0.239. The third-order valence-corrected chi connectivity index (χ3v) is 4.00. The number of nitrogens with one attached hydrogen (secondary N) is 2. The lowest BCUT2D eigenvalue weighted by molar-refractivity contribution is 0.0949. The molecule has 0 atom stereocenters. The Kier molecular flexibility index (Phi) is 4.02. The predicted molar refractivity (Wildman–Crippen MR) is 87.7 cm³/mol. The van der Waals surface area contributed by atoms with Crippen LogP contribution >= 0.6 is 15.9 Å². The smallest absolute Gasteiger partial charge is 0.272 e. The summed E-state index contributed by atoms with van der Waals surface area (Å²) in [5.74, 6) is -0.204. The van der Waals surface area contributed by atoms with Crippen LogP contribution in [0.2, 0.25) is 0 Å². The molecule has 3 aromatic rings. The molecule has 0 unspecified atom stereocenters. The van der Waals surface area contributed by atoms with Crippen LogP contribution in [0, 0.1) is 0 Å². The van der Waals surface area contributed by atoms with Gasteiger partial charge in [0, 0.05) is 9.86 Å². The first-order valence-electron chi connectivity index (χ1n) is 6.66. The van der Waals surface area contributed by atoms with Crippen LogP contribution in [0.1, 0.15) is 16.1 Å². The van der Waals surface area contributed by atoms with Gasteiger partial charge in [0.15, 0.2) is 0 Å². The highest BCUT2D eigenvalue weighted by atomic mass is 79.9. The van der Waals surface area contributed by atoms with E-state index in [0.29, 0.717) is 16.6 Å². The molecule has 0 bridgehead atoms. The highest BCUT2D eigenvalue weighted by molar-refractivity contribution is 9.10. The summed E-state index contributed by atoms with van der Waals surface area (Å²) in [6, 6.07) is 14.4. The maximum Gasteiger partial charge on any atom is 0.272 e. The van der Waals surface area contributed by atoms with Crippen molar-refractivity contribution in [1.29, 1.82) is 0 Å². The number of hydrogen-bond acceptors (Lipinski definition) is 3. The van der Waals surface area contributed by atoms with Crippen molar-refractivity contribution in [3.63, 3.8) is 0 Å². The van der Waals surface area contributed by atoms with Gasteiger partial charge in [0.05, 0.1) is 23.2 Å². The average molecular weight is 358 g/mol. The largest absolute Gasteiger partial charge is 0.346 e. The van der Waals surface area contributed by atoms with E-state index in [2.05, 4.69) is 31.4 Å². The van der Waals surface area contributed by atoms with Crippen molar-refractivity contribution in [1.82, 2.24) is 15.5 Å². The molecule has 1 aromatic heterocycles. The van der Waals surface area contributed by atoms with Crippen molar-refractivity contribution in [3.8, 4) is 0 Å². The van der Waals surface area contributed by atoms with E-state index < -0.39 is 0 Å². The lowest BCUT2D eigenvalue weighted by Gasteiger charge is -2.08. The summed E-state index contributed by atoms with van der Waals surface area (Å²) in [4.78, 5) is 23.9. The van der Waals surface area contributed by atoms with Crippen LogP contribution in [-0.2, 0) is 6.54 Å². The molecule has 0 aliphatic carbocycles. The Bertz CT molecular complexity index is 905. The zero-order valence-electron chi connectivity index (χ0n) is 11.5. The Morgan fingerprint density at radius 3 is 2.55 bits per heavy atom. The number of halogens is 1. The summed E-state index contributed by atoms with van der Waals surface area (Å²) in [7, 11) is 0. The van der Waals surface area contributed by atoms with Crippen LogP contribution in [0.5, 0.6) is 0 Å². The second kappa shape index (κ2) is 6.11. The van der Waals surface area contributed by atoms with Crippen molar-refractivity contribution in [3.05, 3.63) is 74.6 Å². The molecule has 0 spiro atoms. The summed E-state index contributed by atoms with van der Waals surface area (Å²) in [5.41, 5.74) is 0.934. The van der Waals surface area contributed by atoms with Gasteiger partial charge in [-0.1, -0.05) is 30.3 Å². The fraction of sp³-hybridized carbons (Fsp3) is 0.0625. The van der Waals surface area contributed by atoms with Gasteiger partial charge in [-0.05, 0) is 34.1 Å². The van der Waals surface area contributed by atoms with Crippen LogP contribution in [0.3, 0.4) is 0 Å². The number of carbonyl (C=O) groups excluding carboxylic acids is 1. The minimum Gasteiger partial charge on any atom is -0.346 e. The van der Waals surface area contributed by atoms with E-state index in [4.69, 9.17) is 0 Å². The second-order valence-electron chi connectivity index (χ2n) is 4.71. The summed E-state index contributed by atoms with van der Waals surface area (Å²) in [6.07, 6.45) is 0. The summed E-state index contributed by atoms with van der Waals surface area (Å²) in [6.45, 7) is 0.234. The van der Waals surface area contributed by atoms with Crippen molar-refractivity contribution >= 4 is 32.6 Å². The Morgan fingerprint density at radius 2 is 1.77 bits per heavy atom. The molecule has 0 aliphatic heterocycles. The number of amides is 1. The van der Waals surface area contributed by atoms with Gasteiger partial charge in [-0.2, -0.15) is 5.10 Å². The highest BCUT2D eigenvalue weighted by Crippen LogP contribution is 2.16. The normalized spacial score (nSPS) is 10.6. The molecule has 0 aliphatic rings. The first-order chi connectivity index (χ1) is 10.7. The Hall–Kier alpha value is -2.47.